The van der Waals surface area contributed by atoms with Crippen molar-refractivity contribution < 1.29 is 44.9 Å². The number of allylic oxidation sites excluding steroid dienone is 1. The van der Waals surface area contributed by atoms with E-state index >= 15 is 0 Å². The molecule has 1 aliphatic rings. The van der Waals surface area contributed by atoms with Crippen LogP contribution >= 0.6 is 0 Å². The van der Waals surface area contributed by atoms with Crippen LogP contribution in [-0.2, 0) is 14.3 Å². The van der Waals surface area contributed by atoms with Crippen LogP contribution in [0.4, 0.5) is 0 Å². The number of unbranched alkanes of at least 4 members (excludes halogenated alkanes) is 41. The van der Waals surface area contributed by atoms with Gasteiger partial charge in [0, 0.05) is 0 Å². The summed E-state index contributed by atoms with van der Waals surface area (Å²) in [4.78, 5) is 13.1. The zero-order valence-corrected chi connectivity index (χ0v) is 45.2. The van der Waals surface area contributed by atoms with Gasteiger partial charge in [0.05, 0.1) is 25.4 Å². The second-order valence-electron chi connectivity index (χ2n) is 21.3. The normalized spacial score (nSPS) is 19.9. The van der Waals surface area contributed by atoms with Crippen LogP contribution in [-0.4, -0.2) is 98.7 Å². The van der Waals surface area contributed by atoms with Crippen LogP contribution in [0.3, 0.4) is 0 Å². The maximum atomic E-state index is 13.1. The van der Waals surface area contributed by atoms with Crippen molar-refractivity contribution in [2.24, 2.45) is 0 Å². The van der Waals surface area contributed by atoms with E-state index in [2.05, 4.69) is 19.2 Å². The first-order chi connectivity index (χ1) is 33.8. The summed E-state index contributed by atoms with van der Waals surface area (Å²) in [6.45, 7) is 3.65. The number of amides is 1. The number of hydrogen-bond acceptors (Lipinski definition) is 9. The summed E-state index contributed by atoms with van der Waals surface area (Å²) >= 11 is 0. The second kappa shape index (κ2) is 49.1. The lowest BCUT2D eigenvalue weighted by molar-refractivity contribution is -0.302. The van der Waals surface area contributed by atoms with Crippen molar-refractivity contribution in [3.63, 3.8) is 0 Å². The van der Waals surface area contributed by atoms with E-state index in [0.717, 1.165) is 44.9 Å². The van der Waals surface area contributed by atoms with Crippen molar-refractivity contribution in [1.82, 2.24) is 5.32 Å². The highest BCUT2D eigenvalue weighted by Gasteiger charge is 2.44. The number of carbonyl (C=O) groups is 1. The molecule has 10 heteroatoms. The smallest absolute Gasteiger partial charge is 0.249 e. The summed E-state index contributed by atoms with van der Waals surface area (Å²) in [5.41, 5.74) is 0. The Morgan fingerprint density at radius 1 is 0.493 bits per heavy atom. The molecule has 0 spiro atoms. The lowest BCUT2D eigenvalue weighted by atomic mass is 9.99. The zero-order valence-electron chi connectivity index (χ0n) is 45.2. The monoisotopic (exact) mass is 982 g/mol. The topological polar surface area (TPSA) is 169 Å². The van der Waals surface area contributed by atoms with Gasteiger partial charge < -0.3 is 45.4 Å². The molecule has 8 atom stereocenters. The summed E-state index contributed by atoms with van der Waals surface area (Å²) < 4.78 is 11.2. The fourth-order valence-corrected chi connectivity index (χ4v) is 9.87. The third-order valence-corrected chi connectivity index (χ3v) is 14.7. The van der Waals surface area contributed by atoms with E-state index < -0.39 is 61.5 Å². The van der Waals surface area contributed by atoms with Crippen LogP contribution in [0.15, 0.2) is 12.2 Å². The van der Waals surface area contributed by atoms with Gasteiger partial charge >= 0.3 is 0 Å². The Balaban J connectivity index is 2.18. The lowest BCUT2D eigenvalue weighted by Gasteiger charge is -2.40. The molecule has 69 heavy (non-hydrogen) atoms. The maximum absolute atomic E-state index is 13.1. The average molecular weight is 983 g/mol. The molecule has 0 bridgehead atoms. The van der Waals surface area contributed by atoms with Crippen molar-refractivity contribution in [2.45, 2.75) is 345 Å². The molecule has 1 rings (SSSR count). The molecule has 0 saturated carbocycles. The Morgan fingerprint density at radius 2 is 0.826 bits per heavy atom. The number of nitrogens with one attached hydrogen (secondary N) is 1. The molecule has 10 nitrogen and oxygen atoms in total. The fraction of sp³-hybridized carbons (Fsp3) is 0.949. The molecule has 0 radical (unpaired) electrons. The highest BCUT2D eigenvalue weighted by molar-refractivity contribution is 5.80. The molecule has 7 N–H and O–H groups in total. The first kappa shape index (κ1) is 65.9. The van der Waals surface area contributed by atoms with Crippen LogP contribution in [0.2, 0.25) is 0 Å². The standard InChI is InChI=1S/C59H115NO9/c1-3-5-7-9-11-13-15-17-19-20-21-22-23-24-25-26-27-28-29-30-31-32-34-36-38-40-42-44-46-48-53(63)58(67)60-51(50-68-59-57(66)56(65)55(64)54(49-61)69-59)52(62)47-45-43-41-39-37-35-33-18-16-14-12-10-8-6-4-2/h45,47,51-57,59,61-66H,3-44,46,48-50H2,1-2H3,(H,60,67)/b47-45+. The molecule has 0 aliphatic carbocycles. The maximum Gasteiger partial charge on any atom is 0.249 e. The summed E-state index contributed by atoms with van der Waals surface area (Å²) in [5.74, 6) is -0.610. The Kier molecular flexibility index (Phi) is 46.9. The molecule has 0 aromatic heterocycles. The van der Waals surface area contributed by atoms with Crippen molar-refractivity contribution >= 4 is 5.91 Å². The molecule has 1 fully saturated rings. The van der Waals surface area contributed by atoms with Gasteiger partial charge in [-0.1, -0.05) is 289 Å². The van der Waals surface area contributed by atoms with E-state index in [1.807, 2.05) is 6.08 Å². The molecule has 1 saturated heterocycles. The number of rotatable bonds is 52. The summed E-state index contributed by atoms with van der Waals surface area (Å²) in [6, 6.07) is -0.976. The first-order valence-corrected chi connectivity index (χ1v) is 30.0. The summed E-state index contributed by atoms with van der Waals surface area (Å²) in [7, 11) is 0. The number of aliphatic hydroxyl groups is 6. The van der Waals surface area contributed by atoms with Gasteiger partial charge in [-0.15, -0.1) is 0 Å². The molecule has 410 valence electrons. The van der Waals surface area contributed by atoms with E-state index in [-0.39, 0.29) is 6.61 Å². The number of carbonyl (C=O) groups excluding carboxylic acids is 1. The Hall–Kier alpha value is -1.11. The molecule has 1 aliphatic heterocycles. The van der Waals surface area contributed by atoms with Gasteiger partial charge in [0.15, 0.2) is 6.29 Å². The molecular formula is C59H115NO9. The Bertz CT molecular complexity index is 1110. The minimum Gasteiger partial charge on any atom is -0.394 e. The van der Waals surface area contributed by atoms with Gasteiger partial charge in [0.2, 0.25) is 5.91 Å². The number of hydrogen-bond donors (Lipinski definition) is 7. The lowest BCUT2D eigenvalue weighted by Crippen LogP contribution is -2.60. The molecule has 0 aromatic carbocycles. The van der Waals surface area contributed by atoms with E-state index in [1.54, 1.807) is 6.08 Å². The van der Waals surface area contributed by atoms with E-state index in [9.17, 15) is 35.4 Å². The van der Waals surface area contributed by atoms with Gasteiger partial charge in [0.1, 0.15) is 30.5 Å². The molecule has 0 aromatic rings. The molecule has 1 amide bonds. The highest BCUT2D eigenvalue weighted by atomic mass is 16.7. The average Bonchev–Trinajstić information content (AvgIpc) is 3.35. The Morgan fingerprint density at radius 3 is 1.17 bits per heavy atom. The quantitative estimate of drug-likeness (QED) is 0.0232. The molecular weight excluding hydrogens is 867 g/mol. The van der Waals surface area contributed by atoms with Crippen LogP contribution in [0.5, 0.6) is 0 Å². The minimum absolute atomic E-state index is 0.301. The van der Waals surface area contributed by atoms with Gasteiger partial charge in [-0.2, -0.15) is 0 Å². The summed E-state index contributed by atoms with van der Waals surface area (Å²) in [6.07, 6.45) is 50.4. The first-order valence-electron chi connectivity index (χ1n) is 30.0. The largest absolute Gasteiger partial charge is 0.394 e. The van der Waals surface area contributed by atoms with Crippen molar-refractivity contribution in [3.8, 4) is 0 Å². The van der Waals surface area contributed by atoms with Crippen molar-refractivity contribution in [3.05, 3.63) is 12.2 Å². The fourth-order valence-electron chi connectivity index (χ4n) is 9.87. The second-order valence-corrected chi connectivity index (χ2v) is 21.3. The molecule has 1 heterocycles. The van der Waals surface area contributed by atoms with Crippen LogP contribution in [0, 0.1) is 0 Å². The van der Waals surface area contributed by atoms with Crippen molar-refractivity contribution in [2.75, 3.05) is 13.2 Å². The minimum atomic E-state index is -1.61. The Labute approximate surface area is 425 Å². The van der Waals surface area contributed by atoms with Gasteiger partial charge in [-0.3, -0.25) is 4.79 Å². The number of ether oxygens (including phenoxy) is 2. The van der Waals surface area contributed by atoms with E-state index in [0.29, 0.717) is 6.42 Å². The van der Waals surface area contributed by atoms with Crippen LogP contribution < -0.4 is 5.32 Å². The van der Waals surface area contributed by atoms with Gasteiger partial charge in [-0.05, 0) is 19.3 Å². The van der Waals surface area contributed by atoms with Gasteiger partial charge in [-0.25, -0.2) is 0 Å². The number of aliphatic hydroxyl groups excluding tert-OH is 6. The van der Waals surface area contributed by atoms with E-state index in [1.165, 1.54) is 231 Å². The van der Waals surface area contributed by atoms with E-state index in [4.69, 9.17) is 9.47 Å². The zero-order chi connectivity index (χ0) is 50.3. The predicted octanol–water partition coefficient (Wildman–Crippen LogP) is 13.8. The highest BCUT2D eigenvalue weighted by Crippen LogP contribution is 2.23. The van der Waals surface area contributed by atoms with Crippen LogP contribution in [0.1, 0.15) is 296 Å². The third kappa shape index (κ3) is 38.2. The van der Waals surface area contributed by atoms with Crippen molar-refractivity contribution in [1.29, 1.82) is 0 Å². The molecule has 8 unspecified atom stereocenters. The predicted molar refractivity (Wildman–Crippen MR) is 287 cm³/mol. The SMILES string of the molecule is CCCCCCCCCCCCCCC/C=C/C(O)C(COC1OC(CO)C(O)C(O)C1O)NC(=O)C(O)CCCCCCCCCCCCCCCCCCCCCCCCCCCCCCC. The van der Waals surface area contributed by atoms with Crippen LogP contribution in [0.25, 0.3) is 0 Å². The summed E-state index contributed by atoms with van der Waals surface area (Å²) in [5, 5.41) is 65.0. The third-order valence-electron chi connectivity index (χ3n) is 14.7. The van der Waals surface area contributed by atoms with Gasteiger partial charge in [0.25, 0.3) is 0 Å².